The normalized spacial score (nSPS) is 14.5. The molecule has 1 aliphatic rings. The van der Waals surface area contributed by atoms with Gasteiger partial charge in [-0.3, -0.25) is 9.69 Å². The Morgan fingerprint density at radius 3 is 2.43 bits per heavy atom. The third-order valence-electron chi connectivity index (χ3n) is 4.12. The van der Waals surface area contributed by atoms with Gasteiger partial charge in [0.1, 0.15) is 12.4 Å². The standard InChI is InChI=1S/C18H14ClF4N3O2/c19-11-1-4-13(5-2-11)26-8-7-25(17(26)28)10-16(27)24-12-3-6-15(20)14(9-12)18(21,22)23/h1-6,9H,7-8,10H2,(H,24,27). The van der Waals surface area contributed by atoms with Gasteiger partial charge in [-0.15, -0.1) is 0 Å². The molecule has 0 radical (unpaired) electrons. The van der Waals surface area contributed by atoms with Gasteiger partial charge in [0.2, 0.25) is 5.91 Å². The van der Waals surface area contributed by atoms with E-state index in [0.29, 0.717) is 29.4 Å². The molecule has 2 aromatic carbocycles. The zero-order valence-corrected chi connectivity index (χ0v) is 15.0. The lowest BCUT2D eigenvalue weighted by atomic mass is 10.2. The number of nitrogens with one attached hydrogen (secondary N) is 1. The molecule has 3 rings (SSSR count). The van der Waals surface area contributed by atoms with E-state index in [0.717, 1.165) is 6.07 Å². The van der Waals surface area contributed by atoms with Gasteiger partial charge in [0.05, 0.1) is 5.56 Å². The maximum Gasteiger partial charge on any atom is 0.419 e. The third kappa shape index (κ3) is 4.36. The van der Waals surface area contributed by atoms with Crippen LogP contribution < -0.4 is 10.2 Å². The van der Waals surface area contributed by atoms with Crippen LogP contribution in [0.1, 0.15) is 5.56 Å². The van der Waals surface area contributed by atoms with Crippen LogP contribution in [-0.2, 0) is 11.0 Å². The molecule has 1 saturated heterocycles. The molecule has 2 aromatic rings. The first-order chi connectivity index (χ1) is 13.1. The highest BCUT2D eigenvalue weighted by molar-refractivity contribution is 6.30. The van der Waals surface area contributed by atoms with Crippen LogP contribution in [-0.4, -0.2) is 36.5 Å². The zero-order chi connectivity index (χ0) is 20.5. The largest absolute Gasteiger partial charge is 0.419 e. The summed E-state index contributed by atoms with van der Waals surface area (Å²) in [6, 6.07) is 8.35. The van der Waals surface area contributed by atoms with Crippen molar-refractivity contribution in [3.63, 3.8) is 0 Å². The fourth-order valence-corrected chi connectivity index (χ4v) is 2.91. The highest BCUT2D eigenvalue weighted by Crippen LogP contribution is 2.33. The number of halogens is 5. The Labute approximate surface area is 162 Å². The number of benzene rings is 2. The number of hydrogen-bond acceptors (Lipinski definition) is 2. The van der Waals surface area contributed by atoms with Crippen molar-refractivity contribution >= 4 is 34.9 Å². The molecule has 1 fully saturated rings. The molecule has 0 spiro atoms. The summed E-state index contributed by atoms with van der Waals surface area (Å²) in [5.74, 6) is -2.12. The van der Waals surface area contributed by atoms with Crippen molar-refractivity contribution in [2.45, 2.75) is 6.18 Å². The van der Waals surface area contributed by atoms with Crippen molar-refractivity contribution in [3.8, 4) is 0 Å². The molecule has 0 atom stereocenters. The second-order valence-corrected chi connectivity index (χ2v) is 6.51. The molecule has 10 heteroatoms. The highest BCUT2D eigenvalue weighted by atomic mass is 35.5. The van der Waals surface area contributed by atoms with E-state index in [1.807, 2.05) is 0 Å². The zero-order valence-electron chi connectivity index (χ0n) is 14.3. The number of rotatable bonds is 4. The molecule has 3 amide bonds. The fourth-order valence-electron chi connectivity index (χ4n) is 2.78. The number of amides is 3. The first-order valence-electron chi connectivity index (χ1n) is 8.14. The van der Waals surface area contributed by atoms with Gasteiger partial charge in [-0.25, -0.2) is 9.18 Å². The van der Waals surface area contributed by atoms with Crippen molar-refractivity contribution in [2.75, 3.05) is 29.9 Å². The minimum absolute atomic E-state index is 0.208. The molecule has 28 heavy (non-hydrogen) atoms. The molecule has 0 aliphatic carbocycles. The summed E-state index contributed by atoms with van der Waals surface area (Å²) in [4.78, 5) is 27.3. The Bertz CT molecular complexity index is 903. The van der Waals surface area contributed by atoms with Crippen molar-refractivity contribution in [1.29, 1.82) is 0 Å². The quantitative estimate of drug-likeness (QED) is 0.753. The number of anilines is 2. The number of carbonyl (C=O) groups excluding carboxylic acids is 2. The number of nitrogens with zero attached hydrogens (tertiary/aromatic N) is 2. The van der Waals surface area contributed by atoms with E-state index in [2.05, 4.69) is 5.32 Å². The monoisotopic (exact) mass is 415 g/mol. The van der Waals surface area contributed by atoms with Gasteiger partial charge in [0.25, 0.3) is 0 Å². The molecule has 5 nitrogen and oxygen atoms in total. The molecular weight excluding hydrogens is 402 g/mol. The summed E-state index contributed by atoms with van der Waals surface area (Å²) in [5, 5.41) is 2.77. The van der Waals surface area contributed by atoms with Gasteiger partial charge in [-0.2, -0.15) is 13.2 Å². The molecular formula is C18H14ClF4N3O2. The van der Waals surface area contributed by atoms with Crippen LogP contribution in [0.3, 0.4) is 0 Å². The van der Waals surface area contributed by atoms with E-state index in [9.17, 15) is 27.2 Å². The van der Waals surface area contributed by atoms with E-state index in [-0.39, 0.29) is 18.8 Å². The van der Waals surface area contributed by atoms with E-state index in [1.54, 1.807) is 24.3 Å². The van der Waals surface area contributed by atoms with Gasteiger partial charge in [-0.05, 0) is 42.5 Å². The average molecular weight is 416 g/mol. The van der Waals surface area contributed by atoms with E-state index in [4.69, 9.17) is 11.6 Å². The van der Waals surface area contributed by atoms with Crippen molar-refractivity contribution in [2.24, 2.45) is 0 Å². The number of carbonyl (C=O) groups is 2. The van der Waals surface area contributed by atoms with E-state index < -0.39 is 29.5 Å². The van der Waals surface area contributed by atoms with Crippen LogP contribution in [0.5, 0.6) is 0 Å². The molecule has 1 aliphatic heterocycles. The molecule has 148 valence electrons. The van der Waals surface area contributed by atoms with Crippen LogP contribution in [0.2, 0.25) is 5.02 Å². The van der Waals surface area contributed by atoms with Crippen LogP contribution in [0.15, 0.2) is 42.5 Å². The summed E-state index contributed by atoms with van der Waals surface area (Å²) in [7, 11) is 0. The van der Waals surface area contributed by atoms with E-state index in [1.165, 1.54) is 9.80 Å². The Morgan fingerprint density at radius 2 is 1.79 bits per heavy atom. The number of hydrogen-bond donors (Lipinski definition) is 1. The second kappa shape index (κ2) is 7.67. The summed E-state index contributed by atoms with van der Waals surface area (Å²) in [5.41, 5.74) is -1.07. The minimum atomic E-state index is -4.88. The lowest BCUT2D eigenvalue weighted by Crippen LogP contribution is -2.37. The second-order valence-electron chi connectivity index (χ2n) is 6.07. The third-order valence-corrected chi connectivity index (χ3v) is 4.38. The molecule has 0 saturated carbocycles. The fraction of sp³-hybridized carbons (Fsp3) is 0.222. The van der Waals surface area contributed by atoms with Gasteiger partial charge in [0.15, 0.2) is 0 Å². The molecule has 0 bridgehead atoms. The lowest BCUT2D eigenvalue weighted by molar-refractivity contribution is -0.140. The Balaban J connectivity index is 1.64. The number of urea groups is 1. The van der Waals surface area contributed by atoms with Crippen LogP contribution in [0.4, 0.5) is 33.7 Å². The topological polar surface area (TPSA) is 52.7 Å². The Morgan fingerprint density at radius 1 is 1.11 bits per heavy atom. The lowest BCUT2D eigenvalue weighted by Gasteiger charge is -2.18. The highest BCUT2D eigenvalue weighted by Gasteiger charge is 2.35. The predicted molar refractivity (Wildman–Crippen MR) is 95.8 cm³/mol. The van der Waals surface area contributed by atoms with Gasteiger partial charge >= 0.3 is 12.2 Å². The van der Waals surface area contributed by atoms with Crippen LogP contribution in [0, 0.1) is 5.82 Å². The van der Waals surface area contributed by atoms with Crippen molar-refractivity contribution < 1.29 is 27.2 Å². The maximum atomic E-state index is 13.3. The Hall–Kier alpha value is -2.81. The first-order valence-corrected chi connectivity index (χ1v) is 8.51. The average Bonchev–Trinajstić information content (AvgIpc) is 2.97. The first kappa shape index (κ1) is 19.9. The summed E-state index contributed by atoms with van der Waals surface area (Å²) in [6.07, 6.45) is -4.88. The molecule has 0 unspecified atom stereocenters. The number of alkyl halides is 3. The van der Waals surface area contributed by atoms with Gasteiger partial charge < -0.3 is 10.2 Å². The SMILES string of the molecule is O=C(CN1CCN(c2ccc(Cl)cc2)C1=O)Nc1ccc(F)c(C(F)(F)F)c1. The van der Waals surface area contributed by atoms with Crippen LogP contribution in [0.25, 0.3) is 0 Å². The van der Waals surface area contributed by atoms with E-state index >= 15 is 0 Å². The van der Waals surface area contributed by atoms with Gasteiger partial charge in [0, 0.05) is 29.5 Å². The van der Waals surface area contributed by atoms with Crippen LogP contribution >= 0.6 is 11.6 Å². The van der Waals surface area contributed by atoms with Crippen molar-refractivity contribution in [3.05, 3.63) is 58.9 Å². The van der Waals surface area contributed by atoms with Crippen molar-refractivity contribution in [1.82, 2.24) is 4.90 Å². The summed E-state index contributed by atoms with van der Waals surface area (Å²) < 4.78 is 51.6. The maximum absolute atomic E-state index is 13.3. The minimum Gasteiger partial charge on any atom is -0.325 e. The predicted octanol–water partition coefficient (Wildman–Crippen LogP) is 4.38. The Kier molecular flexibility index (Phi) is 5.46. The summed E-state index contributed by atoms with van der Waals surface area (Å²) >= 11 is 5.82. The molecule has 1 heterocycles. The van der Waals surface area contributed by atoms with Gasteiger partial charge in [-0.1, -0.05) is 11.6 Å². The molecule has 0 aromatic heterocycles. The molecule has 1 N–H and O–H groups in total. The smallest absolute Gasteiger partial charge is 0.325 e. The summed E-state index contributed by atoms with van der Waals surface area (Å²) in [6.45, 7) is 0.274.